The van der Waals surface area contributed by atoms with E-state index in [9.17, 15) is 4.79 Å². The molecule has 0 aliphatic carbocycles. The van der Waals surface area contributed by atoms with E-state index in [4.69, 9.17) is 9.47 Å². The second kappa shape index (κ2) is 13.3. The Balaban J connectivity index is 2.75. The Morgan fingerprint density at radius 1 is 1.18 bits per heavy atom. The molecule has 0 amide bonds. The molecule has 3 heteroatoms. The van der Waals surface area contributed by atoms with Crippen molar-refractivity contribution in [2.45, 2.75) is 59.5 Å². The van der Waals surface area contributed by atoms with E-state index in [-0.39, 0.29) is 11.3 Å². The molecule has 3 atom stereocenters. The first-order valence-corrected chi connectivity index (χ1v) is 10.5. The van der Waals surface area contributed by atoms with Gasteiger partial charge in [0.2, 0.25) is 0 Å². The van der Waals surface area contributed by atoms with Crippen molar-refractivity contribution in [3.63, 3.8) is 0 Å². The SMILES string of the molecule is C=C/C=C\[C@](C)(COCc1ccc(OC)cc1)[C@H](C=O)[C@H](C)CCCCCC. The highest BCUT2D eigenvalue weighted by molar-refractivity contribution is 5.56. The van der Waals surface area contributed by atoms with Crippen molar-refractivity contribution < 1.29 is 14.3 Å². The topological polar surface area (TPSA) is 35.5 Å². The van der Waals surface area contributed by atoms with Crippen molar-refractivity contribution in [1.29, 1.82) is 0 Å². The highest BCUT2D eigenvalue weighted by Gasteiger charge is 2.35. The second-order valence-corrected chi connectivity index (χ2v) is 7.93. The predicted molar refractivity (Wildman–Crippen MR) is 118 cm³/mol. The number of carbonyl (C=O) groups is 1. The number of methoxy groups -OCH3 is 1. The fraction of sp³-hybridized carbons (Fsp3) is 0.560. The minimum absolute atomic E-state index is 0.0822. The van der Waals surface area contributed by atoms with Crippen LogP contribution in [-0.4, -0.2) is 20.0 Å². The van der Waals surface area contributed by atoms with E-state index in [2.05, 4.69) is 33.4 Å². The maximum Gasteiger partial charge on any atom is 0.124 e. The largest absolute Gasteiger partial charge is 0.497 e. The number of ether oxygens (including phenoxy) is 2. The third kappa shape index (κ3) is 8.02. The van der Waals surface area contributed by atoms with E-state index in [0.29, 0.717) is 19.1 Å². The summed E-state index contributed by atoms with van der Waals surface area (Å²) in [5.41, 5.74) is 0.734. The van der Waals surface area contributed by atoms with Crippen LogP contribution in [0.4, 0.5) is 0 Å². The lowest BCUT2D eigenvalue weighted by molar-refractivity contribution is -0.117. The Bertz CT molecular complexity index is 590. The van der Waals surface area contributed by atoms with E-state index in [1.165, 1.54) is 25.7 Å². The summed E-state index contributed by atoms with van der Waals surface area (Å²) in [6.45, 7) is 11.3. The van der Waals surface area contributed by atoms with Crippen LogP contribution in [0.2, 0.25) is 0 Å². The lowest BCUT2D eigenvalue weighted by atomic mass is 9.70. The number of allylic oxidation sites excluding steroid dienone is 2. The van der Waals surface area contributed by atoms with Gasteiger partial charge in [0.25, 0.3) is 0 Å². The molecular weight excluding hydrogens is 348 g/mol. The Hall–Kier alpha value is -1.87. The first-order valence-electron chi connectivity index (χ1n) is 10.5. The zero-order valence-corrected chi connectivity index (χ0v) is 18.2. The van der Waals surface area contributed by atoms with Crippen LogP contribution in [0.5, 0.6) is 5.75 Å². The van der Waals surface area contributed by atoms with Gasteiger partial charge in [0.15, 0.2) is 0 Å². The molecular formula is C25H38O3. The average Bonchev–Trinajstić information content (AvgIpc) is 2.71. The zero-order chi connectivity index (χ0) is 20.8. The molecule has 0 bridgehead atoms. The molecule has 156 valence electrons. The molecule has 0 unspecified atom stereocenters. The molecule has 1 aromatic carbocycles. The first-order chi connectivity index (χ1) is 13.5. The van der Waals surface area contributed by atoms with Gasteiger partial charge in [0.1, 0.15) is 12.0 Å². The lowest BCUT2D eigenvalue weighted by Crippen LogP contribution is -2.36. The van der Waals surface area contributed by atoms with Crippen molar-refractivity contribution in [3.05, 3.63) is 54.6 Å². The Labute approximate surface area is 171 Å². The number of rotatable bonds is 15. The van der Waals surface area contributed by atoms with Gasteiger partial charge in [0, 0.05) is 11.3 Å². The molecule has 0 N–H and O–H groups in total. The molecule has 0 saturated carbocycles. The molecule has 0 fully saturated rings. The maximum absolute atomic E-state index is 12.0. The average molecular weight is 387 g/mol. The molecule has 0 radical (unpaired) electrons. The third-order valence-corrected chi connectivity index (χ3v) is 5.49. The van der Waals surface area contributed by atoms with Gasteiger partial charge < -0.3 is 14.3 Å². The van der Waals surface area contributed by atoms with Crippen molar-refractivity contribution in [2.24, 2.45) is 17.3 Å². The van der Waals surface area contributed by atoms with Gasteiger partial charge >= 0.3 is 0 Å². The van der Waals surface area contributed by atoms with Crippen molar-refractivity contribution in [1.82, 2.24) is 0 Å². The molecule has 0 spiro atoms. The number of hydrogen-bond acceptors (Lipinski definition) is 3. The third-order valence-electron chi connectivity index (χ3n) is 5.49. The standard InChI is InChI=1S/C25H38O3/c1-6-8-10-11-12-21(3)24(18-26)25(4,17-9-7-2)20-28-19-22-13-15-23(27-5)16-14-22/h7,9,13-18,21,24H,2,6,8,10-12,19-20H2,1,3-5H3/b17-9-/t21-,24-,25-/m1/s1. The first kappa shape index (κ1) is 24.2. The Kier molecular flexibility index (Phi) is 11.5. The van der Waals surface area contributed by atoms with Crippen LogP contribution >= 0.6 is 0 Å². The smallest absolute Gasteiger partial charge is 0.124 e. The minimum atomic E-state index is -0.355. The number of unbranched alkanes of at least 4 members (excludes halogenated alkanes) is 3. The minimum Gasteiger partial charge on any atom is -0.497 e. The summed E-state index contributed by atoms with van der Waals surface area (Å²) in [7, 11) is 1.66. The summed E-state index contributed by atoms with van der Waals surface area (Å²) in [5.74, 6) is 1.07. The van der Waals surface area contributed by atoms with Crippen LogP contribution in [0.3, 0.4) is 0 Å². The summed E-state index contributed by atoms with van der Waals surface area (Å²) in [4.78, 5) is 12.0. The van der Waals surface area contributed by atoms with E-state index in [1.54, 1.807) is 13.2 Å². The fourth-order valence-corrected chi connectivity index (χ4v) is 3.67. The quantitative estimate of drug-likeness (QED) is 0.199. The molecule has 0 heterocycles. The normalized spacial score (nSPS) is 15.7. The van der Waals surface area contributed by atoms with Crippen LogP contribution < -0.4 is 4.74 Å². The van der Waals surface area contributed by atoms with E-state index in [0.717, 1.165) is 24.0 Å². The van der Waals surface area contributed by atoms with Crippen LogP contribution in [-0.2, 0) is 16.1 Å². The van der Waals surface area contributed by atoms with Gasteiger partial charge in [-0.3, -0.25) is 0 Å². The van der Waals surface area contributed by atoms with Crippen LogP contribution in [0.25, 0.3) is 0 Å². The van der Waals surface area contributed by atoms with E-state index < -0.39 is 0 Å². The maximum atomic E-state index is 12.0. The van der Waals surface area contributed by atoms with Gasteiger partial charge in [0.05, 0.1) is 20.3 Å². The molecule has 1 aromatic rings. The van der Waals surface area contributed by atoms with Crippen molar-refractivity contribution in [3.8, 4) is 5.75 Å². The molecule has 3 nitrogen and oxygen atoms in total. The Morgan fingerprint density at radius 2 is 1.89 bits per heavy atom. The monoisotopic (exact) mass is 386 g/mol. The summed E-state index contributed by atoms with van der Waals surface area (Å²) < 4.78 is 11.2. The van der Waals surface area contributed by atoms with Gasteiger partial charge in [-0.05, 0) is 30.0 Å². The molecule has 0 aromatic heterocycles. The van der Waals surface area contributed by atoms with Crippen LogP contribution in [0, 0.1) is 17.3 Å². The number of benzene rings is 1. The van der Waals surface area contributed by atoms with Crippen molar-refractivity contribution in [2.75, 3.05) is 13.7 Å². The number of aldehydes is 1. The molecule has 1 rings (SSSR count). The van der Waals surface area contributed by atoms with Gasteiger partial charge in [-0.1, -0.05) is 83.4 Å². The zero-order valence-electron chi connectivity index (χ0n) is 18.2. The van der Waals surface area contributed by atoms with E-state index >= 15 is 0 Å². The van der Waals surface area contributed by atoms with Gasteiger partial charge in [-0.25, -0.2) is 0 Å². The molecule has 0 aliphatic heterocycles. The fourth-order valence-electron chi connectivity index (χ4n) is 3.67. The summed E-state index contributed by atoms with van der Waals surface area (Å²) in [6, 6.07) is 7.87. The van der Waals surface area contributed by atoms with Gasteiger partial charge in [-0.15, -0.1) is 0 Å². The van der Waals surface area contributed by atoms with Crippen LogP contribution in [0.15, 0.2) is 49.1 Å². The Morgan fingerprint density at radius 3 is 2.46 bits per heavy atom. The number of carbonyl (C=O) groups excluding carboxylic acids is 1. The molecule has 0 saturated heterocycles. The predicted octanol–water partition coefficient (Wildman–Crippen LogP) is 6.38. The highest BCUT2D eigenvalue weighted by Crippen LogP contribution is 2.36. The van der Waals surface area contributed by atoms with E-state index in [1.807, 2.05) is 30.3 Å². The van der Waals surface area contributed by atoms with Gasteiger partial charge in [-0.2, -0.15) is 0 Å². The number of hydrogen-bond donors (Lipinski definition) is 0. The lowest BCUT2D eigenvalue weighted by Gasteiger charge is -2.35. The summed E-state index contributed by atoms with van der Waals surface area (Å²) in [6.07, 6.45) is 12.9. The second-order valence-electron chi connectivity index (χ2n) is 7.93. The summed E-state index contributed by atoms with van der Waals surface area (Å²) >= 11 is 0. The van der Waals surface area contributed by atoms with Crippen LogP contribution in [0.1, 0.15) is 58.4 Å². The highest BCUT2D eigenvalue weighted by atomic mass is 16.5. The van der Waals surface area contributed by atoms with Crippen molar-refractivity contribution >= 4 is 6.29 Å². The molecule has 0 aliphatic rings. The molecule has 28 heavy (non-hydrogen) atoms. The summed E-state index contributed by atoms with van der Waals surface area (Å²) in [5, 5.41) is 0.